The number of hydrogen-bond acceptors (Lipinski definition) is 35. The zero-order valence-corrected chi connectivity index (χ0v) is 52.6. The molecule has 3 aromatic rings. The minimum Gasteiger partial charge on any atom is -0.395 e. The van der Waals surface area contributed by atoms with E-state index >= 15 is 0 Å². The number of aliphatic imine (C=N–C) groups is 2. The minimum atomic E-state index is -6.67. The summed E-state index contributed by atoms with van der Waals surface area (Å²) >= 11 is 0. The predicted molar refractivity (Wildman–Crippen MR) is 310 cm³/mol. The van der Waals surface area contributed by atoms with Crippen LogP contribution in [0.5, 0.6) is 0 Å². The first-order chi connectivity index (χ1) is 47.0. The summed E-state index contributed by atoms with van der Waals surface area (Å²) in [5.74, 6) is 14.0. The van der Waals surface area contributed by atoms with E-state index in [0.717, 1.165) is 13.7 Å². The summed E-state index contributed by atoms with van der Waals surface area (Å²) in [4.78, 5) is 97.2. The van der Waals surface area contributed by atoms with Crippen molar-refractivity contribution in [3.63, 3.8) is 0 Å². The van der Waals surface area contributed by atoms with E-state index in [9.17, 15) is 79.9 Å². The minimum absolute atomic E-state index is 0.0226. The van der Waals surface area contributed by atoms with Gasteiger partial charge in [0.1, 0.15) is 57.0 Å². The van der Waals surface area contributed by atoms with Gasteiger partial charge in [-0.3, -0.25) is 13.9 Å². The Balaban J connectivity index is 0.000000317. The average molecular weight is 1480 g/mol. The van der Waals surface area contributed by atoms with E-state index in [1.165, 1.54) is 25.5 Å². The molecule has 0 aromatic carbocycles. The molecular formula is C45H51F6N21O24P3-. The van der Waals surface area contributed by atoms with Crippen molar-refractivity contribution in [3.05, 3.63) is 98.1 Å². The number of amides is 1. The van der Waals surface area contributed by atoms with Crippen LogP contribution in [0.15, 0.2) is 58.3 Å². The molecule has 11 unspecified atom stereocenters. The van der Waals surface area contributed by atoms with Crippen molar-refractivity contribution >= 4 is 58.3 Å². The maximum absolute atomic E-state index is 12.5. The van der Waals surface area contributed by atoms with Crippen LogP contribution in [0.3, 0.4) is 0 Å². The normalized spacial score (nSPS) is 20.9. The van der Waals surface area contributed by atoms with Gasteiger partial charge in [-0.1, -0.05) is 33.9 Å². The van der Waals surface area contributed by atoms with Gasteiger partial charge in [-0.15, -0.1) is 26.3 Å². The number of nitrogens with one attached hydrogen (secondary N) is 1. The Morgan fingerprint density at radius 1 is 0.717 bits per heavy atom. The fourth-order valence-corrected chi connectivity index (χ4v) is 12.4. The van der Waals surface area contributed by atoms with Crippen LogP contribution >= 0.6 is 22.1 Å². The number of halogens is 6. The van der Waals surface area contributed by atoms with Crippen molar-refractivity contribution in [2.45, 2.75) is 94.2 Å². The van der Waals surface area contributed by atoms with Gasteiger partial charge < -0.3 is 49.7 Å². The van der Waals surface area contributed by atoms with Crippen molar-refractivity contribution in [1.82, 2.24) is 28.7 Å². The molecule has 99 heavy (non-hydrogen) atoms. The molecule has 0 bridgehead atoms. The van der Waals surface area contributed by atoms with Crippen LogP contribution in [-0.2, 0) is 70.7 Å². The molecule has 3 saturated heterocycles. The number of aromatic nitrogens is 6. The number of ether oxygens (including phenoxy) is 8. The molecular weight excluding hydrogens is 1430 g/mol. The van der Waals surface area contributed by atoms with Crippen molar-refractivity contribution in [2.24, 2.45) is 31.1 Å². The number of azide groups is 3. The summed E-state index contributed by atoms with van der Waals surface area (Å²) in [6, 6.07) is 0. The molecule has 0 saturated carbocycles. The third-order valence-electron chi connectivity index (χ3n) is 12.2. The maximum atomic E-state index is 12.5. The molecule has 0 aliphatic carbocycles. The summed E-state index contributed by atoms with van der Waals surface area (Å²) in [6.45, 7) is -9.29. The van der Waals surface area contributed by atoms with Gasteiger partial charge in [0, 0.05) is 42.0 Å². The first-order valence-corrected chi connectivity index (χ1v) is 32.4. The van der Waals surface area contributed by atoms with Gasteiger partial charge in [-0.2, -0.15) is 9.97 Å². The molecule has 1 amide bonds. The van der Waals surface area contributed by atoms with Gasteiger partial charge in [-0.05, 0) is 11.1 Å². The van der Waals surface area contributed by atoms with E-state index in [1.54, 1.807) is 0 Å². The van der Waals surface area contributed by atoms with Crippen LogP contribution in [0.25, 0.3) is 31.3 Å². The summed E-state index contributed by atoms with van der Waals surface area (Å²) < 4.78 is 149. The van der Waals surface area contributed by atoms with E-state index in [2.05, 4.69) is 120 Å². The summed E-state index contributed by atoms with van der Waals surface area (Å²) in [5, 5.41) is 53.4. The van der Waals surface area contributed by atoms with Gasteiger partial charge in [0.05, 0.1) is 36.5 Å². The third-order valence-corrected chi connectivity index (χ3v) is 21.9. The second-order valence-corrected chi connectivity index (χ2v) is 28.6. The molecule has 6 heterocycles. The number of nitrogen functional groups attached to an aromatic ring is 2. The average Bonchev–Trinajstić information content (AvgIpc) is 1.27. The van der Waals surface area contributed by atoms with Crippen LogP contribution in [0, 0.1) is 35.5 Å². The Morgan fingerprint density at radius 3 is 1.46 bits per heavy atom. The van der Waals surface area contributed by atoms with Crippen LogP contribution in [0.2, 0.25) is 0 Å². The zero-order valence-electron chi connectivity index (χ0n) is 49.9. The topological polar surface area (TPSA) is 658 Å². The SMILES string of the molecule is CC(=O)Nc1nc(=O)n(C2CC(OCN=[N+]=[N-])C(CO)O2)cc1C#CCN=COC(F)(F)F.[N-]=[N+]=NCOC1CC(n2cc(C#CCN)c(N)nc2=O)OC1COP(OO)(OO[O-])([P+](=O)[O-])[P+](=O)[O-].[N-]=[N+]=NCOC1CC(n2cc(C#CCN=COC(F)(F)F)c(N)nc2=O)OC1CO. The van der Waals surface area contributed by atoms with Crippen molar-refractivity contribution < 1.29 is 128 Å². The smallest absolute Gasteiger partial charge is 0.395 e. The number of hydrogen-bond donors (Lipinski definition) is 7. The largest absolute Gasteiger partial charge is 0.573 e. The number of alkyl halides is 6. The Kier molecular flexibility index (Phi) is 32.7. The van der Waals surface area contributed by atoms with Gasteiger partial charge in [-0.25, -0.2) is 19.6 Å². The molecule has 0 radical (unpaired) electrons. The fraction of sp³-hybridized carbons (Fsp3) is 0.533. The monoisotopic (exact) mass is 1480 g/mol. The number of rotatable bonds is 27. The van der Waals surface area contributed by atoms with Gasteiger partial charge in [0.2, 0.25) is 5.91 Å². The van der Waals surface area contributed by atoms with Crippen LogP contribution in [-0.4, -0.2) is 172 Å². The van der Waals surface area contributed by atoms with E-state index in [4.69, 9.17) is 72.0 Å². The number of anilines is 3. The zero-order chi connectivity index (χ0) is 73.5. The van der Waals surface area contributed by atoms with Gasteiger partial charge in [0.15, 0.2) is 18.6 Å². The first-order valence-electron chi connectivity index (χ1n) is 26.6. The number of nitrogens with zero attached hydrogens (tertiary/aromatic N) is 17. The quantitative estimate of drug-likeness (QED) is 0.00499. The molecule has 45 nitrogen and oxygen atoms in total. The Labute approximate surface area is 548 Å². The second-order valence-electron chi connectivity index (χ2n) is 18.4. The summed E-state index contributed by atoms with van der Waals surface area (Å²) in [7, 11) is -8.95. The molecule has 0 spiro atoms. The molecule has 3 aromatic heterocycles. The predicted octanol–water partition coefficient (Wildman–Crippen LogP) is -0.135. The van der Waals surface area contributed by atoms with E-state index in [0.29, 0.717) is 0 Å². The number of aliphatic hydroxyl groups excluding tert-OH is 2. The number of aliphatic hydroxyl groups is 2. The van der Waals surface area contributed by atoms with Crippen molar-refractivity contribution in [2.75, 3.05) is 76.4 Å². The summed E-state index contributed by atoms with van der Waals surface area (Å²) in [5.41, 5.74) is 39.6. The van der Waals surface area contributed by atoms with E-state index in [-0.39, 0.29) is 99.3 Å². The van der Waals surface area contributed by atoms with Crippen LogP contribution < -0.4 is 54.6 Å². The molecule has 538 valence electrons. The van der Waals surface area contributed by atoms with E-state index in [1.807, 2.05) is 0 Å². The fourth-order valence-electron chi connectivity index (χ4n) is 8.03. The Hall–Kier alpha value is -9.21. The second kappa shape index (κ2) is 39.4. The molecule has 3 aliphatic rings. The molecule has 11 atom stereocenters. The Bertz CT molecular complexity index is 3920. The number of nitrogens with two attached hydrogens (primary N) is 3. The molecule has 6 rings (SSSR count). The maximum Gasteiger partial charge on any atom is 0.573 e. The number of carbonyl (C=O) groups excluding carboxylic acids is 1. The van der Waals surface area contributed by atoms with Crippen molar-refractivity contribution in [1.29, 1.82) is 0 Å². The number of carbonyl (C=O) groups is 1. The van der Waals surface area contributed by atoms with Crippen LogP contribution in [0.4, 0.5) is 43.8 Å². The Morgan fingerprint density at radius 2 is 1.10 bits per heavy atom. The van der Waals surface area contributed by atoms with Gasteiger partial charge in [0.25, 0.3) is 0 Å². The van der Waals surface area contributed by atoms with Crippen molar-refractivity contribution in [3.8, 4) is 35.5 Å². The molecule has 3 aliphatic heterocycles. The summed E-state index contributed by atoms with van der Waals surface area (Å²) in [6.07, 6.45) is -14.0. The third kappa shape index (κ3) is 24.3. The molecule has 54 heteroatoms. The van der Waals surface area contributed by atoms with Gasteiger partial charge >= 0.3 is 225 Å². The first kappa shape index (κ1) is 82.2. The standard InChI is InChI=1S/C17H18F3N7O6.C15H16F3N7O5.C13H18N7O13P3/c1-10(29)24-15-11(3-2-4-22-8-32-17(18,19)20)6-27(16(30)25-15)14-5-12(13(7-28)33-14)31-9-23-26-21;16-15(17,18)29-7-21-3-1-2-9-5-25(14(27)23-13(9)19)12-4-10(11(6-26)30-12)28-8-22-24-20;14-3-1-2-8-5-20(13(21)18-12(8)15)11-4-9(28-7-17-19-16)10(30-11)6-29-36(32-23,33-31-22,34(24)25)35(26)27/h6,8,12-14,28H,4-5,7,9H2,1H3,(H,24,25,29,30);5,7,10-12,26H,3-4,6,8H2,(H2,19,23,27);5,9-11,22-23H,3-4,6-7,14H2,(H2,15,18,21)/p-1. The molecule has 3 fully saturated rings. The van der Waals surface area contributed by atoms with E-state index < -0.39 is 140 Å². The molecule has 10 N–H and O–H groups in total. The van der Waals surface area contributed by atoms with Crippen LogP contribution in [0.1, 0.15) is 61.6 Å².